The third-order valence-electron chi connectivity index (χ3n) is 5.13. The lowest BCUT2D eigenvalue weighted by molar-refractivity contribution is -0.0813. The van der Waals surface area contributed by atoms with E-state index in [0.29, 0.717) is 0 Å². The van der Waals surface area contributed by atoms with Crippen LogP contribution in [0.2, 0.25) is 0 Å². The van der Waals surface area contributed by atoms with Crippen molar-refractivity contribution < 1.29 is 13.7 Å². The van der Waals surface area contributed by atoms with Crippen molar-refractivity contribution in [1.82, 2.24) is 0 Å². The summed E-state index contributed by atoms with van der Waals surface area (Å²) in [6.45, 7) is 7.26. The maximum absolute atomic E-state index is 10.2. The standard InChI is InChI=1S/C22H22O3S/c1-21(2,23)22(3,4)25-26-16-9-10-17-18-11-14-7-5-6-8-15(14)12-19(18)24-20(17)13-16/h5-13,23H,1-4H3. The Labute approximate surface area is 157 Å². The summed E-state index contributed by atoms with van der Waals surface area (Å²) in [5.41, 5.74) is 0.102. The Morgan fingerprint density at radius 2 is 1.50 bits per heavy atom. The van der Waals surface area contributed by atoms with E-state index < -0.39 is 11.2 Å². The molecule has 1 N–H and O–H groups in total. The molecule has 0 aliphatic rings. The predicted octanol–water partition coefficient (Wildman–Crippen LogP) is 6.31. The number of fused-ring (bicyclic) bond motifs is 4. The second kappa shape index (κ2) is 6.02. The summed E-state index contributed by atoms with van der Waals surface area (Å²) in [6, 6.07) is 18.6. The molecule has 134 valence electrons. The van der Waals surface area contributed by atoms with E-state index in [-0.39, 0.29) is 0 Å². The van der Waals surface area contributed by atoms with Crippen LogP contribution in [0.25, 0.3) is 32.7 Å². The van der Waals surface area contributed by atoms with E-state index in [1.54, 1.807) is 13.8 Å². The zero-order chi connectivity index (χ0) is 18.5. The van der Waals surface area contributed by atoms with Gasteiger partial charge in [-0.25, -0.2) is 0 Å². The van der Waals surface area contributed by atoms with Gasteiger partial charge >= 0.3 is 0 Å². The molecular formula is C22H22O3S. The minimum atomic E-state index is -0.941. The molecule has 0 bridgehead atoms. The lowest BCUT2D eigenvalue weighted by atomic mass is 9.90. The highest BCUT2D eigenvalue weighted by Gasteiger charge is 2.36. The number of hydrogen-bond donors (Lipinski definition) is 1. The first-order valence-corrected chi connectivity index (χ1v) is 9.42. The van der Waals surface area contributed by atoms with Gasteiger partial charge in [0.25, 0.3) is 0 Å². The molecule has 0 fully saturated rings. The third-order valence-corrected chi connectivity index (χ3v) is 6.08. The van der Waals surface area contributed by atoms with E-state index in [2.05, 4.69) is 30.3 Å². The molecule has 0 saturated carbocycles. The van der Waals surface area contributed by atoms with Crippen molar-refractivity contribution in [3.63, 3.8) is 0 Å². The Bertz CT molecular complexity index is 1100. The molecule has 0 aliphatic carbocycles. The van der Waals surface area contributed by atoms with Crippen LogP contribution in [0.3, 0.4) is 0 Å². The van der Waals surface area contributed by atoms with Crippen LogP contribution in [0.15, 0.2) is 63.9 Å². The van der Waals surface area contributed by atoms with Gasteiger partial charge in [0.05, 0.1) is 5.60 Å². The maximum Gasteiger partial charge on any atom is 0.136 e. The average molecular weight is 366 g/mol. The summed E-state index contributed by atoms with van der Waals surface area (Å²) in [5, 5.41) is 14.8. The highest BCUT2D eigenvalue weighted by Crippen LogP contribution is 2.37. The van der Waals surface area contributed by atoms with E-state index in [4.69, 9.17) is 8.60 Å². The molecule has 4 rings (SSSR count). The SMILES string of the molecule is CC(C)(O)C(C)(C)OSc1ccc2c(c1)oc1cc3ccccc3cc12. The smallest absolute Gasteiger partial charge is 0.136 e. The number of aliphatic hydroxyl groups is 1. The van der Waals surface area contributed by atoms with Crippen molar-refractivity contribution in [2.75, 3.05) is 0 Å². The van der Waals surface area contributed by atoms with Gasteiger partial charge in [-0.05, 0) is 68.8 Å². The zero-order valence-corrected chi connectivity index (χ0v) is 16.2. The minimum Gasteiger partial charge on any atom is -0.456 e. The van der Waals surface area contributed by atoms with Gasteiger partial charge in [0.2, 0.25) is 0 Å². The number of hydrogen-bond acceptors (Lipinski definition) is 4. The van der Waals surface area contributed by atoms with Gasteiger partial charge in [0, 0.05) is 27.7 Å². The number of rotatable bonds is 4. The Kier molecular flexibility index (Phi) is 4.03. The van der Waals surface area contributed by atoms with Gasteiger partial charge in [-0.15, -0.1) is 0 Å². The van der Waals surface area contributed by atoms with Gasteiger partial charge in [-0.1, -0.05) is 24.3 Å². The van der Waals surface area contributed by atoms with Crippen LogP contribution >= 0.6 is 12.0 Å². The van der Waals surface area contributed by atoms with Gasteiger partial charge < -0.3 is 13.7 Å². The van der Waals surface area contributed by atoms with E-state index in [9.17, 15) is 5.11 Å². The lowest BCUT2D eigenvalue weighted by Crippen LogP contribution is -2.45. The van der Waals surface area contributed by atoms with Crippen LogP contribution in [-0.2, 0) is 4.18 Å². The molecular weight excluding hydrogens is 344 g/mol. The summed E-state index contributed by atoms with van der Waals surface area (Å²) in [7, 11) is 0. The van der Waals surface area contributed by atoms with Crippen LogP contribution < -0.4 is 0 Å². The highest BCUT2D eigenvalue weighted by atomic mass is 32.2. The van der Waals surface area contributed by atoms with Gasteiger partial charge in [-0.3, -0.25) is 0 Å². The molecule has 4 heteroatoms. The predicted molar refractivity (Wildman–Crippen MR) is 109 cm³/mol. The molecule has 0 spiro atoms. The molecule has 0 atom stereocenters. The fourth-order valence-electron chi connectivity index (χ4n) is 2.75. The van der Waals surface area contributed by atoms with Crippen LogP contribution in [-0.4, -0.2) is 16.3 Å². The molecule has 4 aromatic rings. The van der Waals surface area contributed by atoms with Gasteiger partial charge in [-0.2, -0.15) is 0 Å². The van der Waals surface area contributed by atoms with Crippen molar-refractivity contribution in [2.45, 2.75) is 43.8 Å². The fourth-order valence-corrected chi connectivity index (χ4v) is 3.54. The van der Waals surface area contributed by atoms with Crippen LogP contribution in [0.1, 0.15) is 27.7 Å². The topological polar surface area (TPSA) is 42.6 Å². The first-order valence-electron chi connectivity index (χ1n) is 8.68. The molecule has 0 amide bonds. The minimum absolute atomic E-state index is 0.682. The molecule has 1 heterocycles. The van der Waals surface area contributed by atoms with E-state index >= 15 is 0 Å². The largest absolute Gasteiger partial charge is 0.456 e. The maximum atomic E-state index is 10.2. The Morgan fingerprint density at radius 3 is 2.19 bits per heavy atom. The first kappa shape index (κ1) is 17.4. The summed E-state index contributed by atoms with van der Waals surface area (Å²) >= 11 is 1.26. The van der Waals surface area contributed by atoms with Crippen molar-refractivity contribution in [3.8, 4) is 0 Å². The molecule has 1 aromatic heterocycles. The Balaban J connectivity index is 1.71. The summed E-state index contributed by atoms with van der Waals surface area (Å²) in [4.78, 5) is 0.943. The Hall–Kier alpha value is -2.01. The van der Waals surface area contributed by atoms with E-state index in [0.717, 1.165) is 26.8 Å². The van der Waals surface area contributed by atoms with E-state index in [1.165, 1.54) is 22.8 Å². The van der Waals surface area contributed by atoms with Crippen LogP contribution in [0, 0.1) is 0 Å². The molecule has 0 unspecified atom stereocenters. The quantitative estimate of drug-likeness (QED) is 0.430. The molecule has 0 radical (unpaired) electrons. The van der Waals surface area contributed by atoms with Crippen LogP contribution in [0.5, 0.6) is 0 Å². The van der Waals surface area contributed by atoms with Gasteiger partial charge in [0.1, 0.15) is 16.8 Å². The summed E-state index contributed by atoms with van der Waals surface area (Å²) < 4.78 is 12.0. The second-order valence-corrected chi connectivity index (χ2v) is 8.50. The second-order valence-electron chi connectivity index (χ2n) is 7.69. The van der Waals surface area contributed by atoms with E-state index in [1.807, 2.05) is 38.1 Å². The molecule has 0 aliphatic heterocycles. The zero-order valence-electron chi connectivity index (χ0n) is 15.4. The first-order chi connectivity index (χ1) is 12.2. The molecule has 0 saturated heterocycles. The summed E-state index contributed by atoms with van der Waals surface area (Å²) in [5.74, 6) is 0. The number of furan rings is 1. The molecule has 3 nitrogen and oxygen atoms in total. The fraction of sp³-hybridized carbons (Fsp3) is 0.273. The monoisotopic (exact) mass is 366 g/mol. The van der Waals surface area contributed by atoms with Crippen molar-refractivity contribution in [2.24, 2.45) is 0 Å². The van der Waals surface area contributed by atoms with Crippen molar-refractivity contribution in [1.29, 1.82) is 0 Å². The Morgan fingerprint density at radius 1 is 0.846 bits per heavy atom. The van der Waals surface area contributed by atoms with Crippen molar-refractivity contribution >= 4 is 44.8 Å². The molecule has 26 heavy (non-hydrogen) atoms. The van der Waals surface area contributed by atoms with Crippen LogP contribution in [0.4, 0.5) is 0 Å². The average Bonchev–Trinajstić information content (AvgIpc) is 2.93. The van der Waals surface area contributed by atoms with Gasteiger partial charge in [0.15, 0.2) is 0 Å². The third kappa shape index (κ3) is 2.98. The normalized spacial score (nSPS) is 13.1. The molecule has 3 aromatic carbocycles. The summed E-state index contributed by atoms with van der Waals surface area (Å²) in [6.07, 6.45) is 0. The van der Waals surface area contributed by atoms with Crippen molar-refractivity contribution in [3.05, 3.63) is 54.6 Å². The lowest BCUT2D eigenvalue weighted by Gasteiger charge is -2.35. The highest BCUT2D eigenvalue weighted by molar-refractivity contribution is 7.94. The number of benzene rings is 3.